The van der Waals surface area contributed by atoms with Gasteiger partial charge in [-0.05, 0) is 30.3 Å². The Balaban J connectivity index is 2.07. The summed E-state index contributed by atoms with van der Waals surface area (Å²) in [4.78, 5) is 26.8. The highest BCUT2D eigenvalue weighted by Crippen LogP contribution is 2.28. The summed E-state index contributed by atoms with van der Waals surface area (Å²) >= 11 is 7.46. The molecule has 0 aliphatic carbocycles. The highest BCUT2D eigenvalue weighted by atomic mass is 35.5. The lowest BCUT2D eigenvalue weighted by atomic mass is 10.2. The summed E-state index contributed by atoms with van der Waals surface area (Å²) in [5.74, 6) is 0.125. The Bertz CT molecular complexity index is 822. The van der Waals surface area contributed by atoms with E-state index in [4.69, 9.17) is 16.3 Å². The molecule has 0 spiro atoms. The van der Waals surface area contributed by atoms with Crippen molar-refractivity contribution in [2.75, 3.05) is 30.8 Å². The van der Waals surface area contributed by atoms with Crippen LogP contribution >= 0.6 is 22.9 Å². The van der Waals surface area contributed by atoms with Crippen LogP contribution in [0.15, 0.2) is 43.0 Å². The van der Waals surface area contributed by atoms with E-state index in [1.807, 2.05) is 17.0 Å². The molecule has 0 saturated carbocycles. The second-order valence-corrected chi connectivity index (χ2v) is 7.61. The van der Waals surface area contributed by atoms with Crippen LogP contribution in [0.4, 0.5) is 11.4 Å². The first-order valence-corrected chi connectivity index (χ1v) is 9.43. The molecule has 1 heterocycles. The quantitative estimate of drug-likeness (QED) is 0.616. The first-order valence-electron chi connectivity index (χ1n) is 8.24. The smallest absolute Gasteiger partial charge is 0.238 e. The molecule has 144 valence electrons. The average Bonchev–Trinajstić information content (AvgIpc) is 2.99. The molecule has 6 nitrogen and oxygen atoms in total. The maximum absolute atomic E-state index is 12.5. The monoisotopic (exact) mass is 407 g/mol. The van der Waals surface area contributed by atoms with Crippen LogP contribution in [0.25, 0.3) is 0 Å². The summed E-state index contributed by atoms with van der Waals surface area (Å²) in [7, 11) is 1.52. The highest BCUT2D eigenvalue weighted by Gasteiger charge is 2.14. The number of rotatable bonds is 9. The Morgan fingerprint density at radius 3 is 2.67 bits per heavy atom. The van der Waals surface area contributed by atoms with Crippen LogP contribution in [0, 0.1) is 0 Å². The van der Waals surface area contributed by atoms with E-state index >= 15 is 0 Å². The minimum absolute atomic E-state index is 0.176. The lowest BCUT2D eigenvalue weighted by Crippen LogP contribution is -2.33. The van der Waals surface area contributed by atoms with Gasteiger partial charge in [-0.15, -0.1) is 17.9 Å². The van der Waals surface area contributed by atoms with Crippen molar-refractivity contribution in [3.8, 4) is 5.75 Å². The van der Waals surface area contributed by atoms with Gasteiger partial charge in [0.15, 0.2) is 0 Å². The largest absolute Gasteiger partial charge is 0.495 e. The van der Waals surface area contributed by atoms with Gasteiger partial charge in [0.1, 0.15) is 5.75 Å². The van der Waals surface area contributed by atoms with Crippen molar-refractivity contribution in [3.05, 3.63) is 52.2 Å². The van der Waals surface area contributed by atoms with Crippen LogP contribution in [0.2, 0.25) is 4.34 Å². The van der Waals surface area contributed by atoms with Crippen LogP contribution in [0.3, 0.4) is 0 Å². The number of amides is 2. The van der Waals surface area contributed by atoms with Crippen molar-refractivity contribution in [3.63, 3.8) is 0 Å². The lowest BCUT2D eigenvalue weighted by molar-refractivity contribution is -0.117. The zero-order valence-electron chi connectivity index (χ0n) is 15.3. The molecule has 0 unspecified atom stereocenters. The molecule has 0 saturated heterocycles. The molecule has 0 radical (unpaired) electrons. The number of nitrogens with zero attached hydrogens (tertiary/aromatic N) is 1. The van der Waals surface area contributed by atoms with Gasteiger partial charge < -0.3 is 15.4 Å². The topological polar surface area (TPSA) is 70.7 Å². The molecule has 1 aromatic carbocycles. The Hall–Kier alpha value is -2.35. The third-order valence-corrected chi connectivity index (χ3v) is 4.77. The van der Waals surface area contributed by atoms with Crippen LogP contribution in [-0.2, 0) is 16.1 Å². The van der Waals surface area contributed by atoms with Crippen molar-refractivity contribution >= 4 is 46.1 Å². The van der Waals surface area contributed by atoms with Gasteiger partial charge in [-0.3, -0.25) is 14.5 Å². The summed E-state index contributed by atoms with van der Waals surface area (Å²) in [6, 6.07) is 8.85. The molecule has 2 amide bonds. The number of anilines is 2. The van der Waals surface area contributed by atoms with Gasteiger partial charge in [-0.2, -0.15) is 0 Å². The standard InChI is InChI=1S/C19H22ClN3O3S/c1-4-9-23(11-15-6-8-18(20)27-15)12-19(25)22-16-10-14(21-13(2)24)5-7-17(16)26-3/h4-8,10H,1,9,11-12H2,2-3H3,(H,21,24)(H,22,25). The number of hydrogen-bond acceptors (Lipinski definition) is 5. The molecule has 2 aromatic rings. The summed E-state index contributed by atoms with van der Waals surface area (Å²) in [5.41, 5.74) is 1.07. The van der Waals surface area contributed by atoms with Crippen LogP contribution in [-0.4, -0.2) is 36.9 Å². The Labute approximate surface area is 167 Å². The van der Waals surface area contributed by atoms with Crippen molar-refractivity contribution < 1.29 is 14.3 Å². The number of carbonyl (C=O) groups is 2. The number of thiophene rings is 1. The van der Waals surface area contributed by atoms with Crippen molar-refractivity contribution in [1.82, 2.24) is 4.90 Å². The number of nitrogens with one attached hydrogen (secondary N) is 2. The maximum Gasteiger partial charge on any atom is 0.238 e. The van der Waals surface area contributed by atoms with Gasteiger partial charge in [0.05, 0.1) is 23.7 Å². The molecule has 0 aliphatic heterocycles. The molecule has 0 atom stereocenters. The van der Waals surface area contributed by atoms with Crippen LogP contribution in [0.1, 0.15) is 11.8 Å². The molecule has 0 fully saturated rings. The zero-order valence-corrected chi connectivity index (χ0v) is 16.8. The fourth-order valence-electron chi connectivity index (χ4n) is 2.50. The van der Waals surface area contributed by atoms with Gasteiger partial charge in [-0.1, -0.05) is 17.7 Å². The number of benzene rings is 1. The Morgan fingerprint density at radius 1 is 1.30 bits per heavy atom. The average molecular weight is 408 g/mol. The number of methoxy groups -OCH3 is 1. The molecule has 27 heavy (non-hydrogen) atoms. The van der Waals surface area contributed by atoms with Crippen molar-refractivity contribution in [2.24, 2.45) is 0 Å². The van der Waals surface area contributed by atoms with E-state index in [0.717, 1.165) is 4.88 Å². The summed E-state index contributed by atoms with van der Waals surface area (Å²) in [5, 5.41) is 5.53. The predicted molar refractivity (Wildman–Crippen MR) is 111 cm³/mol. The fraction of sp³-hybridized carbons (Fsp3) is 0.263. The Morgan fingerprint density at radius 2 is 2.07 bits per heavy atom. The number of halogens is 1. The molecule has 2 rings (SSSR count). The molecular weight excluding hydrogens is 386 g/mol. The molecule has 1 aromatic heterocycles. The predicted octanol–water partition coefficient (Wildman–Crippen LogP) is 4.00. The van der Waals surface area contributed by atoms with E-state index < -0.39 is 0 Å². The van der Waals surface area contributed by atoms with E-state index in [9.17, 15) is 9.59 Å². The van der Waals surface area contributed by atoms with E-state index in [0.29, 0.717) is 34.6 Å². The molecule has 2 N–H and O–H groups in total. The SMILES string of the molecule is C=CCN(CC(=O)Nc1cc(NC(C)=O)ccc1OC)Cc1ccc(Cl)s1. The number of carbonyl (C=O) groups excluding carboxylic acids is 2. The third-order valence-electron chi connectivity index (χ3n) is 3.56. The van der Waals surface area contributed by atoms with E-state index in [-0.39, 0.29) is 18.4 Å². The fourth-order valence-corrected chi connectivity index (χ4v) is 3.63. The van der Waals surface area contributed by atoms with Gasteiger partial charge in [0, 0.05) is 30.6 Å². The van der Waals surface area contributed by atoms with E-state index in [1.165, 1.54) is 25.4 Å². The molecule has 8 heteroatoms. The van der Waals surface area contributed by atoms with E-state index in [2.05, 4.69) is 17.2 Å². The minimum Gasteiger partial charge on any atom is -0.495 e. The lowest BCUT2D eigenvalue weighted by Gasteiger charge is -2.20. The first-order chi connectivity index (χ1) is 12.9. The minimum atomic E-state index is -0.197. The van der Waals surface area contributed by atoms with Crippen molar-refractivity contribution in [2.45, 2.75) is 13.5 Å². The maximum atomic E-state index is 12.5. The second-order valence-electron chi connectivity index (χ2n) is 5.81. The van der Waals surface area contributed by atoms with Crippen LogP contribution < -0.4 is 15.4 Å². The second kappa shape index (κ2) is 10.1. The third kappa shape index (κ3) is 6.71. The van der Waals surface area contributed by atoms with E-state index in [1.54, 1.807) is 24.3 Å². The molecule has 0 bridgehead atoms. The molecular formula is C19H22ClN3O3S. The molecule has 0 aliphatic rings. The summed E-state index contributed by atoms with van der Waals surface area (Å²) in [6.45, 7) is 6.51. The normalized spacial score (nSPS) is 10.5. The number of ether oxygens (including phenoxy) is 1. The highest BCUT2D eigenvalue weighted by molar-refractivity contribution is 7.16. The Kier molecular flexibility index (Phi) is 7.84. The van der Waals surface area contributed by atoms with Gasteiger partial charge in [0.25, 0.3) is 0 Å². The van der Waals surface area contributed by atoms with Gasteiger partial charge in [0.2, 0.25) is 11.8 Å². The van der Waals surface area contributed by atoms with Gasteiger partial charge in [-0.25, -0.2) is 0 Å². The van der Waals surface area contributed by atoms with Crippen LogP contribution in [0.5, 0.6) is 5.75 Å². The van der Waals surface area contributed by atoms with Gasteiger partial charge >= 0.3 is 0 Å². The summed E-state index contributed by atoms with van der Waals surface area (Å²) in [6.07, 6.45) is 1.75. The number of hydrogen-bond donors (Lipinski definition) is 2. The van der Waals surface area contributed by atoms with Crippen molar-refractivity contribution in [1.29, 1.82) is 0 Å². The first kappa shape index (κ1) is 21.0. The zero-order chi connectivity index (χ0) is 19.8. The summed E-state index contributed by atoms with van der Waals surface area (Å²) < 4.78 is 6.00.